The fourth-order valence-electron chi connectivity index (χ4n) is 1.13. The molecular formula is C10H13FN2O. The maximum Gasteiger partial charge on any atom is 0.222 e. The third-order valence-corrected chi connectivity index (χ3v) is 1.80. The number of pyridine rings is 1. The molecule has 0 aromatic carbocycles. The van der Waals surface area contributed by atoms with Gasteiger partial charge in [0, 0.05) is 12.5 Å². The number of carbonyl (C=O) groups is 1. The number of rotatable bonds is 2. The molecule has 0 atom stereocenters. The molecule has 0 aliphatic carbocycles. The van der Waals surface area contributed by atoms with Crippen LogP contribution in [0.2, 0.25) is 0 Å². The molecule has 4 heteroatoms. The first-order chi connectivity index (χ1) is 6.50. The average molecular weight is 196 g/mol. The molecule has 0 aliphatic heterocycles. The van der Waals surface area contributed by atoms with Crippen LogP contribution < -0.4 is 5.32 Å². The van der Waals surface area contributed by atoms with Gasteiger partial charge >= 0.3 is 0 Å². The van der Waals surface area contributed by atoms with Crippen LogP contribution in [0.15, 0.2) is 12.1 Å². The summed E-state index contributed by atoms with van der Waals surface area (Å²) in [5, 5.41) is 2.42. The largest absolute Gasteiger partial charge is 0.311 e. The summed E-state index contributed by atoms with van der Waals surface area (Å²) in [7, 11) is 0. The van der Waals surface area contributed by atoms with Gasteiger partial charge in [-0.3, -0.25) is 4.79 Å². The number of amides is 1. The van der Waals surface area contributed by atoms with E-state index in [1.165, 1.54) is 6.92 Å². The van der Waals surface area contributed by atoms with E-state index in [2.05, 4.69) is 10.3 Å². The lowest BCUT2D eigenvalue weighted by Crippen LogP contribution is -2.09. The predicted octanol–water partition coefficient (Wildman–Crippen LogP) is 2.30. The Balaban J connectivity index is 2.94. The lowest BCUT2D eigenvalue weighted by atomic mass is 10.1. The Hall–Kier alpha value is -1.45. The van der Waals surface area contributed by atoms with Crippen molar-refractivity contribution in [2.45, 2.75) is 26.7 Å². The fraction of sp³-hybridized carbons (Fsp3) is 0.400. The summed E-state index contributed by atoms with van der Waals surface area (Å²) in [6, 6.07) is 3.23. The zero-order valence-corrected chi connectivity index (χ0v) is 8.47. The Bertz CT molecular complexity index is 350. The molecule has 1 aromatic heterocycles. The molecule has 0 saturated heterocycles. The standard InChI is InChI=1S/C10H13FN2O/c1-6(2)8-4-5-9(12-7(3)14)13-10(8)11/h4-6H,1-3H3,(H,12,13,14). The van der Waals surface area contributed by atoms with Crippen molar-refractivity contribution in [3.63, 3.8) is 0 Å². The van der Waals surface area contributed by atoms with Gasteiger partial charge in [0.15, 0.2) is 0 Å². The molecule has 1 aromatic rings. The molecule has 1 rings (SSSR count). The lowest BCUT2D eigenvalue weighted by molar-refractivity contribution is -0.114. The van der Waals surface area contributed by atoms with Crippen LogP contribution in [0.1, 0.15) is 32.3 Å². The van der Waals surface area contributed by atoms with Crippen molar-refractivity contribution in [2.75, 3.05) is 5.32 Å². The minimum Gasteiger partial charge on any atom is -0.311 e. The topological polar surface area (TPSA) is 42.0 Å². The number of nitrogens with one attached hydrogen (secondary N) is 1. The molecule has 1 N–H and O–H groups in total. The van der Waals surface area contributed by atoms with Crippen molar-refractivity contribution in [2.24, 2.45) is 0 Å². The summed E-state index contributed by atoms with van der Waals surface area (Å²) in [5.41, 5.74) is 0.555. The molecule has 0 spiro atoms. The van der Waals surface area contributed by atoms with Crippen molar-refractivity contribution in [3.05, 3.63) is 23.6 Å². The van der Waals surface area contributed by atoms with Gasteiger partial charge in [0.05, 0.1) is 0 Å². The molecule has 76 valence electrons. The van der Waals surface area contributed by atoms with Crippen molar-refractivity contribution in [3.8, 4) is 0 Å². The van der Waals surface area contributed by atoms with E-state index in [1.54, 1.807) is 12.1 Å². The second-order valence-corrected chi connectivity index (χ2v) is 3.41. The Morgan fingerprint density at radius 1 is 1.50 bits per heavy atom. The van der Waals surface area contributed by atoms with Crippen LogP contribution in [0, 0.1) is 5.95 Å². The third kappa shape index (κ3) is 2.52. The van der Waals surface area contributed by atoms with E-state index in [0.29, 0.717) is 5.56 Å². The summed E-state index contributed by atoms with van der Waals surface area (Å²) >= 11 is 0. The monoisotopic (exact) mass is 196 g/mol. The number of aromatic nitrogens is 1. The van der Waals surface area contributed by atoms with E-state index >= 15 is 0 Å². The van der Waals surface area contributed by atoms with Crippen molar-refractivity contribution in [1.29, 1.82) is 0 Å². The maximum absolute atomic E-state index is 13.3. The first-order valence-corrected chi connectivity index (χ1v) is 4.44. The van der Waals surface area contributed by atoms with Crippen LogP contribution in [0.4, 0.5) is 10.2 Å². The molecule has 1 heterocycles. The minimum absolute atomic E-state index is 0.0916. The highest BCUT2D eigenvalue weighted by Gasteiger charge is 2.08. The van der Waals surface area contributed by atoms with E-state index < -0.39 is 5.95 Å². The second-order valence-electron chi connectivity index (χ2n) is 3.41. The molecular weight excluding hydrogens is 183 g/mol. The third-order valence-electron chi connectivity index (χ3n) is 1.80. The molecule has 0 aliphatic rings. The Kier molecular flexibility index (Phi) is 3.17. The van der Waals surface area contributed by atoms with Crippen LogP contribution in [0.25, 0.3) is 0 Å². The van der Waals surface area contributed by atoms with E-state index in [4.69, 9.17) is 0 Å². The second kappa shape index (κ2) is 4.17. The number of carbonyl (C=O) groups excluding carboxylic acids is 1. The van der Waals surface area contributed by atoms with Crippen molar-refractivity contribution >= 4 is 11.7 Å². The lowest BCUT2D eigenvalue weighted by Gasteiger charge is -2.07. The fourth-order valence-corrected chi connectivity index (χ4v) is 1.13. The minimum atomic E-state index is -0.522. The number of hydrogen-bond donors (Lipinski definition) is 1. The van der Waals surface area contributed by atoms with Gasteiger partial charge in [0.25, 0.3) is 0 Å². The molecule has 3 nitrogen and oxygen atoms in total. The molecule has 14 heavy (non-hydrogen) atoms. The molecule has 0 bridgehead atoms. The van der Waals surface area contributed by atoms with Crippen LogP contribution in [0.5, 0.6) is 0 Å². The van der Waals surface area contributed by atoms with Gasteiger partial charge in [-0.2, -0.15) is 4.39 Å². The molecule has 0 fully saturated rings. The molecule has 0 unspecified atom stereocenters. The summed E-state index contributed by atoms with van der Waals surface area (Å²) in [6.07, 6.45) is 0. The number of nitrogens with zero attached hydrogens (tertiary/aromatic N) is 1. The first-order valence-electron chi connectivity index (χ1n) is 4.44. The van der Waals surface area contributed by atoms with Crippen molar-refractivity contribution < 1.29 is 9.18 Å². The van der Waals surface area contributed by atoms with Gasteiger partial charge in [-0.1, -0.05) is 19.9 Å². The van der Waals surface area contributed by atoms with Gasteiger partial charge < -0.3 is 5.32 Å². The molecule has 0 radical (unpaired) electrons. The van der Waals surface area contributed by atoms with Crippen molar-refractivity contribution in [1.82, 2.24) is 4.98 Å². The predicted molar refractivity (Wildman–Crippen MR) is 52.6 cm³/mol. The first kappa shape index (κ1) is 10.6. The Morgan fingerprint density at radius 2 is 2.14 bits per heavy atom. The van der Waals surface area contributed by atoms with E-state index in [0.717, 1.165) is 0 Å². The van der Waals surface area contributed by atoms with Gasteiger partial charge in [0.1, 0.15) is 5.82 Å². The van der Waals surface area contributed by atoms with Gasteiger partial charge in [-0.05, 0) is 12.0 Å². The highest BCUT2D eigenvalue weighted by Crippen LogP contribution is 2.18. The normalized spacial score (nSPS) is 10.4. The zero-order chi connectivity index (χ0) is 10.7. The van der Waals surface area contributed by atoms with Crippen LogP contribution in [0.3, 0.4) is 0 Å². The van der Waals surface area contributed by atoms with Gasteiger partial charge in [-0.25, -0.2) is 4.98 Å². The zero-order valence-electron chi connectivity index (χ0n) is 8.47. The maximum atomic E-state index is 13.3. The molecule has 0 saturated carbocycles. The van der Waals surface area contributed by atoms with Gasteiger partial charge in [0.2, 0.25) is 11.9 Å². The summed E-state index contributed by atoms with van der Waals surface area (Å²) in [4.78, 5) is 14.3. The highest BCUT2D eigenvalue weighted by molar-refractivity contribution is 5.87. The molecule has 1 amide bonds. The number of halogens is 1. The number of hydrogen-bond acceptors (Lipinski definition) is 2. The van der Waals surface area contributed by atoms with Crippen LogP contribution >= 0.6 is 0 Å². The Labute approximate surface area is 82.4 Å². The summed E-state index contributed by atoms with van der Waals surface area (Å²) in [6.45, 7) is 5.13. The van der Waals surface area contributed by atoms with Crippen LogP contribution in [-0.4, -0.2) is 10.9 Å². The van der Waals surface area contributed by atoms with E-state index in [-0.39, 0.29) is 17.6 Å². The number of anilines is 1. The quantitative estimate of drug-likeness (QED) is 0.737. The van der Waals surface area contributed by atoms with E-state index in [1.807, 2.05) is 13.8 Å². The SMILES string of the molecule is CC(=O)Nc1ccc(C(C)C)c(F)n1. The van der Waals surface area contributed by atoms with Crippen LogP contribution in [-0.2, 0) is 4.79 Å². The highest BCUT2D eigenvalue weighted by atomic mass is 19.1. The van der Waals surface area contributed by atoms with Gasteiger partial charge in [-0.15, -0.1) is 0 Å². The summed E-state index contributed by atoms with van der Waals surface area (Å²) in [5.74, 6) is -0.436. The summed E-state index contributed by atoms with van der Waals surface area (Å²) < 4.78 is 13.3. The average Bonchev–Trinajstić information content (AvgIpc) is 2.01. The van der Waals surface area contributed by atoms with E-state index in [9.17, 15) is 9.18 Å². The smallest absolute Gasteiger partial charge is 0.222 e. The Morgan fingerprint density at radius 3 is 2.57 bits per heavy atom.